The third-order valence-electron chi connectivity index (χ3n) is 1.71. The number of benzene rings is 1. The third-order valence-corrected chi connectivity index (χ3v) is 1.71. The van der Waals surface area contributed by atoms with E-state index < -0.39 is 0 Å². The zero-order valence-corrected chi connectivity index (χ0v) is 9.19. The van der Waals surface area contributed by atoms with Crippen LogP contribution in [0.3, 0.4) is 0 Å². The Labute approximate surface area is 80.8 Å². The molecule has 0 aliphatic heterocycles. The normalized spacial score (nSPS) is 10.3. The van der Waals surface area contributed by atoms with E-state index in [1.807, 2.05) is 26.0 Å². The first-order chi connectivity index (χ1) is 6.00. The topological polar surface area (TPSA) is 0 Å². The van der Waals surface area contributed by atoms with Gasteiger partial charge in [0.05, 0.1) is 0 Å². The van der Waals surface area contributed by atoms with Gasteiger partial charge in [-0.25, -0.2) is 4.39 Å². The van der Waals surface area contributed by atoms with Crippen molar-refractivity contribution in [1.82, 2.24) is 0 Å². The van der Waals surface area contributed by atoms with E-state index in [0.717, 1.165) is 0 Å². The van der Waals surface area contributed by atoms with Crippen LogP contribution in [0.5, 0.6) is 0 Å². The first kappa shape index (κ1) is 12.2. The molecule has 0 fully saturated rings. The van der Waals surface area contributed by atoms with Crippen LogP contribution in [-0.2, 0) is 5.41 Å². The van der Waals surface area contributed by atoms with Crippen molar-refractivity contribution < 1.29 is 4.39 Å². The first-order valence-electron chi connectivity index (χ1n) is 4.76. The van der Waals surface area contributed by atoms with Crippen LogP contribution in [0.4, 0.5) is 4.39 Å². The largest absolute Gasteiger partial charge is 0.207 e. The highest BCUT2D eigenvalue weighted by Crippen LogP contribution is 2.21. The fraction of sp³-hybridized carbons (Fsp3) is 0.500. The second-order valence-corrected chi connectivity index (χ2v) is 3.76. The van der Waals surface area contributed by atoms with E-state index in [1.165, 1.54) is 17.7 Å². The fourth-order valence-corrected chi connectivity index (χ4v) is 0.950. The van der Waals surface area contributed by atoms with Crippen LogP contribution in [0.2, 0.25) is 0 Å². The third kappa shape index (κ3) is 4.07. The van der Waals surface area contributed by atoms with E-state index in [2.05, 4.69) is 20.8 Å². The Hall–Kier alpha value is -0.850. The number of halogens is 1. The molecule has 0 aliphatic rings. The van der Waals surface area contributed by atoms with E-state index in [0.29, 0.717) is 0 Å². The molecule has 13 heavy (non-hydrogen) atoms. The van der Waals surface area contributed by atoms with E-state index in [4.69, 9.17) is 0 Å². The minimum Gasteiger partial charge on any atom is -0.207 e. The smallest absolute Gasteiger partial charge is 0.123 e. The van der Waals surface area contributed by atoms with Crippen molar-refractivity contribution in [3.05, 3.63) is 35.6 Å². The van der Waals surface area contributed by atoms with E-state index in [-0.39, 0.29) is 11.2 Å². The molecule has 0 heterocycles. The van der Waals surface area contributed by atoms with Gasteiger partial charge in [0.2, 0.25) is 0 Å². The molecule has 0 unspecified atom stereocenters. The summed E-state index contributed by atoms with van der Waals surface area (Å²) in [5.74, 6) is -0.169. The van der Waals surface area contributed by atoms with Crippen LogP contribution in [0.25, 0.3) is 0 Å². The molecule has 0 amide bonds. The van der Waals surface area contributed by atoms with Crippen molar-refractivity contribution in [1.29, 1.82) is 0 Å². The summed E-state index contributed by atoms with van der Waals surface area (Å²) < 4.78 is 12.5. The molecule has 0 nitrogen and oxygen atoms in total. The average Bonchev–Trinajstić information content (AvgIpc) is 2.07. The van der Waals surface area contributed by atoms with Gasteiger partial charge in [0, 0.05) is 0 Å². The number of rotatable bonds is 0. The maximum absolute atomic E-state index is 12.5. The molecule has 0 saturated carbocycles. The van der Waals surface area contributed by atoms with Gasteiger partial charge in [0.25, 0.3) is 0 Å². The van der Waals surface area contributed by atoms with Gasteiger partial charge in [-0.15, -0.1) is 0 Å². The van der Waals surface area contributed by atoms with E-state index >= 15 is 0 Å². The second kappa shape index (κ2) is 5.00. The van der Waals surface area contributed by atoms with Gasteiger partial charge < -0.3 is 0 Å². The van der Waals surface area contributed by atoms with Crippen LogP contribution < -0.4 is 0 Å². The molecule has 0 aliphatic carbocycles. The Morgan fingerprint density at radius 1 is 0.923 bits per heavy atom. The zero-order chi connectivity index (χ0) is 10.5. The molecular formula is C12H19F. The van der Waals surface area contributed by atoms with Gasteiger partial charge in [0.1, 0.15) is 5.82 Å². The summed E-state index contributed by atoms with van der Waals surface area (Å²) >= 11 is 0. The van der Waals surface area contributed by atoms with Gasteiger partial charge in [-0.2, -0.15) is 0 Å². The molecule has 1 aromatic carbocycles. The highest BCUT2D eigenvalue weighted by atomic mass is 19.1. The molecule has 0 radical (unpaired) electrons. The predicted molar refractivity (Wildman–Crippen MR) is 56.4 cm³/mol. The van der Waals surface area contributed by atoms with Gasteiger partial charge in [-0.3, -0.25) is 0 Å². The molecule has 0 bridgehead atoms. The summed E-state index contributed by atoms with van der Waals surface area (Å²) in [7, 11) is 0. The summed E-state index contributed by atoms with van der Waals surface area (Å²) in [6.07, 6.45) is 0. The molecule has 0 saturated heterocycles. The lowest BCUT2D eigenvalue weighted by Crippen LogP contribution is -2.10. The van der Waals surface area contributed by atoms with Crippen molar-refractivity contribution in [2.45, 2.75) is 40.0 Å². The maximum Gasteiger partial charge on any atom is 0.123 e. The Morgan fingerprint density at radius 3 is 1.62 bits per heavy atom. The molecule has 0 spiro atoms. The standard InChI is InChI=1S/C10H13F.C2H6/c1-10(2,3)8-4-6-9(11)7-5-8;1-2/h4-7H,1-3H3;1-2H3. The van der Waals surface area contributed by atoms with Gasteiger partial charge in [-0.05, 0) is 23.1 Å². The molecular weight excluding hydrogens is 163 g/mol. The lowest BCUT2D eigenvalue weighted by atomic mass is 9.87. The molecule has 74 valence electrons. The summed E-state index contributed by atoms with van der Waals surface area (Å²) in [5.41, 5.74) is 1.28. The summed E-state index contributed by atoms with van der Waals surface area (Å²) in [4.78, 5) is 0. The minimum absolute atomic E-state index is 0.119. The van der Waals surface area contributed by atoms with Crippen LogP contribution in [0.15, 0.2) is 24.3 Å². The lowest BCUT2D eigenvalue weighted by molar-refractivity contribution is 0.583. The molecule has 1 rings (SSSR count). The van der Waals surface area contributed by atoms with Crippen molar-refractivity contribution in [2.75, 3.05) is 0 Å². The minimum atomic E-state index is -0.169. The van der Waals surface area contributed by atoms with Crippen molar-refractivity contribution in [3.63, 3.8) is 0 Å². The molecule has 0 aromatic heterocycles. The van der Waals surface area contributed by atoms with Crippen LogP contribution in [-0.4, -0.2) is 0 Å². The number of hydrogen-bond acceptors (Lipinski definition) is 0. The molecule has 1 aromatic rings. The predicted octanol–water partition coefficient (Wildman–Crippen LogP) is 4.15. The Balaban J connectivity index is 0.000000671. The van der Waals surface area contributed by atoms with Gasteiger partial charge >= 0.3 is 0 Å². The van der Waals surface area contributed by atoms with Crippen LogP contribution >= 0.6 is 0 Å². The summed E-state index contributed by atoms with van der Waals surface area (Å²) in [5, 5.41) is 0. The van der Waals surface area contributed by atoms with Crippen LogP contribution in [0, 0.1) is 5.82 Å². The Kier molecular flexibility index (Phi) is 4.68. The van der Waals surface area contributed by atoms with Gasteiger partial charge in [-0.1, -0.05) is 46.8 Å². The second-order valence-electron chi connectivity index (χ2n) is 3.76. The van der Waals surface area contributed by atoms with E-state index in [9.17, 15) is 4.39 Å². The monoisotopic (exact) mass is 182 g/mol. The summed E-state index contributed by atoms with van der Waals surface area (Å²) in [6.45, 7) is 10.3. The summed E-state index contributed by atoms with van der Waals surface area (Å²) in [6, 6.07) is 6.66. The van der Waals surface area contributed by atoms with E-state index in [1.54, 1.807) is 0 Å². The molecule has 0 atom stereocenters. The lowest BCUT2D eigenvalue weighted by Gasteiger charge is -2.18. The maximum atomic E-state index is 12.5. The van der Waals surface area contributed by atoms with Gasteiger partial charge in [0.15, 0.2) is 0 Å². The number of hydrogen-bond donors (Lipinski definition) is 0. The highest BCUT2D eigenvalue weighted by molar-refractivity contribution is 5.22. The van der Waals surface area contributed by atoms with Crippen molar-refractivity contribution in [3.8, 4) is 0 Å². The fourth-order valence-electron chi connectivity index (χ4n) is 0.950. The highest BCUT2D eigenvalue weighted by Gasteiger charge is 2.12. The zero-order valence-electron chi connectivity index (χ0n) is 9.19. The average molecular weight is 182 g/mol. The SMILES string of the molecule is CC.CC(C)(C)c1ccc(F)cc1. The Bertz CT molecular complexity index is 228. The van der Waals surface area contributed by atoms with Crippen molar-refractivity contribution in [2.24, 2.45) is 0 Å². The quantitative estimate of drug-likeness (QED) is 0.565. The molecule has 1 heteroatoms. The Morgan fingerprint density at radius 2 is 1.31 bits per heavy atom. The molecule has 0 N–H and O–H groups in total. The van der Waals surface area contributed by atoms with Crippen molar-refractivity contribution >= 4 is 0 Å². The first-order valence-corrected chi connectivity index (χ1v) is 4.76. The van der Waals surface area contributed by atoms with Crippen LogP contribution in [0.1, 0.15) is 40.2 Å².